The van der Waals surface area contributed by atoms with Crippen LogP contribution in [0.4, 0.5) is 0 Å². The highest BCUT2D eigenvalue weighted by Gasteiger charge is 2.18. The van der Waals surface area contributed by atoms with Crippen molar-refractivity contribution in [3.05, 3.63) is 72.9 Å². The molecule has 0 fully saturated rings. The number of carbonyl (C=O) groups is 1. The minimum Gasteiger partial charge on any atom is -0.394 e. The second kappa shape index (κ2) is 63.1. The van der Waals surface area contributed by atoms with Crippen LogP contribution in [0.25, 0.3) is 0 Å². The Bertz CT molecular complexity index is 1230. The van der Waals surface area contributed by atoms with Crippen molar-refractivity contribution in [1.82, 2.24) is 5.32 Å². The standard InChI is InChI=1S/C68H125NO3/c1-3-5-7-9-11-13-15-17-19-21-23-25-27-29-31-33-34-36-37-39-41-43-45-47-49-51-53-55-57-59-61-63-67(71)66(65-70)69-68(72)64-62-60-58-56-54-52-50-48-46-44-42-40-38-35-32-30-28-26-24-22-20-18-16-14-12-10-8-6-4-2/h16,18,22,24,28,30,45,47,53,55,61,63,66-67,70-71H,3-15,17,19-21,23,25-27,29,31-44,46,48-52,54,56-60,62,64-65H2,1-2H3,(H,69,72)/b18-16-,24-22-,30-28-,47-45+,55-53+,63-61+. The Morgan fingerprint density at radius 2 is 0.583 bits per heavy atom. The summed E-state index contributed by atoms with van der Waals surface area (Å²) in [7, 11) is 0. The van der Waals surface area contributed by atoms with Crippen LogP contribution in [0.5, 0.6) is 0 Å². The topological polar surface area (TPSA) is 69.6 Å². The second-order valence-corrected chi connectivity index (χ2v) is 21.8. The fraction of sp³-hybridized carbons (Fsp3) is 0.809. The minimum absolute atomic E-state index is 0.0768. The Kier molecular flexibility index (Phi) is 61.2. The molecule has 0 aromatic carbocycles. The lowest BCUT2D eigenvalue weighted by molar-refractivity contribution is -0.123. The van der Waals surface area contributed by atoms with E-state index in [4.69, 9.17) is 0 Å². The molecule has 0 aromatic rings. The highest BCUT2D eigenvalue weighted by atomic mass is 16.3. The number of hydrogen-bond donors (Lipinski definition) is 3. The molecule has 0 aliphatic heterocycles. The highest BCUT2D eigenvalue weighted by Crippen LogP contribution is 2.17. The number of unbranched alkanes of at least 4 members (excludes halogenated alkanes) is 42. The van der Waals surface area contributed by atoms with Crippen LogP contribution < -0.4 is 5.32 Å². The molecule has 1 amide bonds. The van der Waals surface area contributed by atoms with Gasteiger partial charge in [0.1, 0.15) is 0 Å². The maximum absolute atomic E-state index is 12.5. The number of allylic oxidation sites excluding steroid dienone is 11. The van der Waals surface area contributed by atoms with Crippen molar-refractivity contribution < 1.29 is 15.0 Å². The normalized spacial score (nSPS) is 13.2. The Balaban J connectivity index is 3.53. The molecule has 4 heteroatoms. The predicted octanol–water partition coefficient (Wildman–Crippen LogP) is 21.7. The molecule has 0 radical (unpaired) electrons. The quantitative estimate of drug-likeness (QED) is 0.0420. The van der Waals surface area contributed by atoms with Gasteiger partial charge in [0.25, 0.3) is 0 Å². The number of amides is 1. The lowest BCUT2D eigenvalue weighted by Crippen LogP contribution is -2.45. The van der Waals surface area contributed by atoms with E-state index in [-0.39, 0.29) is 12.5 Å². The summed E-state index contributed by atoms with van der Waals surface area (Å²) in [6, 6.07) is -0.651. The largest absolute Gasteiger partial charge is 0.394 e. The Morgan fingerprint density at radius 1 is 0.333 bits per heavy atom. The van der Waals surface area contributed by atoms with Crippen molar-refractivity contribution >= 4 is 5.91 Å². The molecule has 2 atom stereocenters. The first-order chi connectivity index (χ1) is 35.7. The van der Waals surface area contributed by atoms with Gasteiger partial charge in [0, 0.05) is 6.42 Å². The molecule has 0 rings (SSSR count). The summed E-state index contributed by atoms with van der Waals surface area (Å²) in [5.74, 6) is -0.0768. The van der Waals surface area contributed by atoms with E-state index >= 15 is 0 Å². The van der Waals surface area contributed by atoms with Crippen LogP contribution in [0.3, 0.4) is 0 Å². The summed E-state index contributed by atoms with van der Waals surface area (Å²) in [6.07, 6.45) is 91.0. The van der Waals surface area contributed by atoms with Crippen molar-refractivity contribution in [2.24, 2.45) is 0 Å². The molecule has 72 heavy (non-hydrogen) atoms. The molecule has 0 aliphatic rings. The van der Waals surface area contributed by atoms with Gasteiger partial charge >= 0.3 is 0 Å². The number of hydrogen-bond acceptors (Lipinski definition) is 3. The van der Waals surface area contributed by atoms with Crippen LogP contribution in [0.1, 0.15) is 335 Å². The van der Waals surface area contributed by atoms with Gasteiger partial charge in [0.05, 0.1) is 18.8 Å². The number of nitrogens with one attached hydrogen (secondary N) is 1. The molecule has 2 unspecified atom stereocenters. The van der Waals surface area contributed by atoms with E-state index < -0.39 is 12.1 Å². The highest BCUT2D eigenvalue weighted by molar-refractivity contribution is 5.76. The summed E-state index contributed by atoms with van der Waals surface area (Å²) in [6.45, 7) is 4.31. The SMILES string of the molecule is CCCCCCC/C=C\C/C=C\C/C=C\CCCCCCCCCCCCCCCCC(=O)NC(CO)C(O)/C=C/CC/C=C/CC/C=C/CCCCCCCCCCCCCCCCCCCCCCC. The molecule has 0 aromatic heterocycles. The van der Waals surface area contributed by atoms with Gasteiger partial charge in [-0.1, -0.05) is 318 Å². The average molecular weight is 1000 g/mol. The van der Waals surface area contributed by atoms with E-state index in [1.165, 1.54) is 263 Å². The Labute approximate surface area is 450 Å². The molecule has 0 bridgehead atoms. The number of aliphatic hydroxyl groups excluding tert-OH is 2. The maximum atomic E-state index is 12.5. The van der Waals surface area contributed by atoms with Gasteiger partial charge in [-0.25, -0.2) is 0 Å². The van der Waals surface area contributed by atoms with Crippen molar-refractivity contribution in [2.75, 3.05) is 6.61 Å². The molecule has 0 saturated carbocycles. The van der Waals surface area contributed by atoms with E-state index in [9.17, 15) is 15.0 Å². The first-order valence-corrected chi connectivity index (χ1v) is 32.2. The molecule has 3 N–H and O–H groups in total. The number of carbonyl (C=O) groups excluding carboxylic acids is 1. The lowest BCUT2D eigenvalue weighted by Gasteiger charge is -2.19. The molecular formula is C68H125NO3. The van der Waals surface area contributed by atoms with Crippen molar-refractivity contribution in [2.45, 2.75) is 347 Å². The Morgan fingerprint density at radius 3 is 0.903 bits per heavy atom. The summed E-state index contributed by atoms with van der Waals surface area (Å²) in [5.41, 5.74) is 0. The van der Waals surface area contributed by atoms with Gasteiger partial charge in [-0.05, 0) is 83.5 Å². The van der Waals surface area contributed by atoms with Gasteiger partial charge in [-0.2, -0.15) is 0 Å². The molecular weight excluding hydrogens is 879 g/mol. The van der Waals surface area contributed by atoms with E-state index in [1.54, 1.807) is 6.08 Å². The molecule has 4 nitrogen and oxygen atoms in total. The molecule has 0 aliphatic carbocycles. The van der Waals surface area contributed by atoms with Crippen molar-refractivity contribution in [3.8, 4) is 0 Å². The fourth-order valence-electron chi connectivity index (χ4n) is 9.75. The van der Waals surface area contributed by atoms with Gasteiger partial charge in [-0.15, -0.1) is 0 Å². The van der Waals surface area contributed by atoms with Gasteiger partial charge in [-0.3, -0.25) is 4.79 Å². The van der Waals surface area contributed by atoms with E-state index in [2.05, 4.69) is 79.9 Å². The summed E-state index contributed by atoms with van der Waals surface area (Å²) in [4.78, 5) is 12.5. The van der Waals surface area contributed by atoms with Crippen LogP contribution >= 0.6 is 0 Å². The lowest BCUT2D eigenvalue weighted by atomic mass is 10.0. The first kappa shape index (κ1) is 69.8. The summed E-state index contributed by atoms with van der Waals surface area (Å²) < 4.78 is 0. The fourth-order valence-corrected chi connectivity index (χ4v) is 9.75. The molecule has 0 saturated heterocycles. The first-order valence-electron chi connectivity index (χ1n) is 32.2. The van der Waals surface area contributed by atoms with Gasteiger partial charge < -0.3 is 15.5 Å². The van der Waals surface area contributed by atoms with Gasteiger partial charge in [0.15, 0.2) is 0 Å². The monoisotopic (exact) mass is 1000 g/mol. The third-order valence-corrected chi connectivity index (χ3v) is 14.6. The number of rotatable bonds is 59. The van der Waals surface area contributed by atoms with Crippen molar-refractivity contribution in [3.63, 3.8) is 0 Å². The van der Waals surface area contributed by atoms with E-state index in [0.29, 0.717) is 6.42 Å². The molecule has 0 spiro atoms. The van der Waals surface area contributed by atoms with Crippen LogP contribution in [0, 0.1) is 0 Å². The van der Waals surface area contributed by atoms with Crippen LogP contribution in [0.15, 0.2) is 72.9 Å². The minimum atomic E-state index is -0.875. The Hall–Kier alpha value is -2.17. The van der Waals surface area contributed by atoms with Crippen LogP contribution in [-0.4, -0.2) is 34.9 Å². The zero-order valence-electron chi connectivity index (χ0n) is 48.4. The smallest absolute Gasteiger partial charge is 0.220 e. The van der Waals surface area contributed by atoms with Crippen molar-refractivity contribution in [1.29, 1.82) is 0 Å². The van der Waals surface area contributed by atoms with E-state index in [1.807, 2.05) is 6.08 Å². The zero-order chi connectivity index (χ0) is 52.0. The molecule has 0 heterocycles. The number of aliphatic hydroxyl groups is 2. The van der Waals surface area contributed by atoms with E-state index in [0.717, 1.165) is 51.4 Å². The predicted molar refractivity (Wildman–Crippen MR) is 322 cm³/mol. The van der Waals surface area contributed by atoms with Gasteiger partial charge in [0.2, 0.25) is 5.91 Å². The summed E-state index contributed by atoms with van der Waals surface area (Å²) in [5, 5.41) is 23.2. The average Bonchev–Trinajstić information content (AvgIpc) is 3.39. The zero-order valence-corrected chi connectivity index (χ0v) is 48.4. The summed E-state index contributed by atoms with van der Waals surface area (Å²) >= 11 is 0. The van der Waals surface area contributed by atoms with Crippen LogP contribution in [0.2, 0.25) is 0 Å². The maximum Gasteiger partial charge on any atom is 0.220 e. The second-order valence-electron chi connectivity index (χ2n) is 21.8. The third-order valence-electron chi connectivity index (χ3n) is 14.6. The third kappa shape index (κ3) is 58.7. The molecule has 420 valence electrons. The van der Waals surface area contributed by atoms with Crippen LogP contribution in [-0.2, 0) is 4.79 Å².